The molecule has 2 rings (SSSR count). The Balaban J connectivity index is 0.00000760. The van der Waals surface area contributed by atoms with Crippen molar-refractivity contribution < 1.29 is 47.5 Å². The van der Waals surface area contributed by atoms with Crippen molar-refractivity contribution in [2.45, 2.75) is 136 Å². The standard InChI is InChI=1S/C32H56N2O4.HI/c1-3-5-6-7-8-9-10-11-12-13-14-15-16-17-18-19-24-36-26-29-25-31(37-27-29)28-38-32(35)33-30-20-22-34(4-2)23-21-30;/h20-23,29,31H,3-19,24-28H2,1-2H3;1H/t29-,31-;/m1./s1. The number of halogens is 1. The first kappa shape index (κ1) is 36.1. The van der Waals surface area contributed by atoms with Gasteiger partial charge < -0.3 is 38.2 Å². The number of nitrogens with zero attached hydrogens (tertiary/aromatic N) is 1. The maximum Gasteiger partial charge on any atom is 0.411 e. The van der Waals surface area contributed by atoms with Gasteiger partial charge >= 0.3 is 6.09 Å². The summed E-state index contributed by atoms with van der Waals surface area (Å²) in [6, 6.07) is 3.73. The third-order valence-corrected chi connectivity index (χ3v) is 7.56. The summed E-state index contributed by atoms with van der Waals surface area (Å²) in [5, 5.41) is 2.76. The summed E-state index contributed by atoms with van der Waals surface area (Å²) < 4.78 is 19.1. The van der Waals surface area contributed by atoms with Crippen LogP contribution in [0.25, 0.3) is 0 Å². The Morgan fingerprint density at radius 1 is 0.846 bits per heavy atom. The number of aromatic nitrogens is 1. The predicted molar refractivity (Wildman–Crippen MR) is 155 cm³/mol. The molecule has 39 heavy (non-hydrogen) atoms. The summed E-state index contributed by atoms with van der Waals surface area (Å²) >= 11 is 0. The number of nitrogens with one attached hydrogen (secondary N) is 1. The number of carbonyl (C=O) groups excluding carboxylic acids is 1. The highest BCUT2D eigenvalue weighted by atomic mass is 127. The molecule has 0 bridgehead atoms. The van der Waals surface area contributed by atoms with Crippen molar-refractivity contribution in [3.05, 3.63) is 24.5 Å². The van der Waals surface area contributed by atoms with Gasteiger partial charge in [-0.3, -0.25) is 5.32 Å². The molecular formula is C32H57IN2O4. The molecule has 1 aliphatic rings. The second-order valence-electron chi connectivity index (χ2n) is 11.1. The number of rotatable bonds is 23. The van der Waals surface area contributed by atoms with E-state index in [0.717, 1.165) is 38.3 Å². The third-order valence-electron chi connectivity index (χ3n) is 7.56. The van der Waals surface area contributed by atoms with Crippen molar-refractivity contribution in [3.8, 4) is 0 Å². The molecule has 0 aromatic carbocycles. The summed E-state index contributed by atoms with van der Waals surface area (Å²) in [6.07, 6.45) is 26.5. The van der Waals surface area contributed by atoms with E-state index in [1.807, 2.05) is 29.1 Å². The average Bonchev–Trinajstić information content (AvgIpc) is 3.39. The molecule has 1 N–H and O–H groups in total. The van der Waals surface area contributed by atoms with E-state index in [1.54, 1.807) is 0 Å². The fraction of sp³-hybridized carbons (Fsp3) is 0.812. The minimum Gasteiger partial charge on any atom is -1.00 e. The Morgan fingerprint density at radius 2 is 1.38 bits per heavy atom. The minimum atomic E-state index is -0.439. The van der Waals surface area contributed by atoms with Gasteiger partial charge in [0.2, 0.25) is 0 Å². The van der Waals surface area contributed by atoms with E-state index in [-0.39, 0.29) is 36.7 Å². The predicted octanol–water partition coefficient (Wildman–Crippen LogP) is 5.23. The Kier molecular flexibility index (Phi) is 23.0. The zero-order valence-electron chi connectivity index (χ0n) is 25.0. The van der Waals surface area contributed by atoms with Crippen LogP contribution in [0.1, 0.15) is 123 Å². The van der Waals surface area contributed by atoms with Crippen LogP contribution < -0.4 is 33.9 Å². The Labute approximate surface area is 256 Å². The van der Waals surface area contributed by atoms with Gasteiger partial charge in [0.25, 0.3) is 0 Å². The second-order valence-corrected chi connectivity index (χ2v) is 11.1. The van der Waals surface area contributed by atoms with Crippen LogP contribution in [0.4, 0.5) is 10.5 Å². The summed E-state index contributed by atoms with van der Waals surface area (Å²) in [5.74, 6) is 0.395. The molecule has 2 heterocycles. The molecule has 0 aliphatic carbocycles. The van der Waals surface area contributed by atoms with Crippen LogP contribution >= 0.6 is 0 Å². The lowest BCUT2D eigenvalue weighted by Gasteiger charge is -2.11. The molecule has 1 amide bonds. The van der Waals surface area contributed by atoms with Crippen molar-refractivity contribution in [2.24, 2.45) is 5.92 Å². The number of pyridine rings is 1. The largest absolute Gasteiger partial charge is 1.00 e. The Bertz CT molecular complexity index is 704. The molecule has 0 radical (unpaired) electrons. The molecule has 0 spiro atoms. The van der Waals surface area contributed by atoms with Gasteiger partial charge in [0.1, 0.15) is 13.2 Å². The fourth-order valence-corrected chi connectivity index (χ4v) is 5.09. The molecule has 1 aromatic heterocycles. The number of aryl methyl sites for hydroxylation is 1. The fourth-order valence-electron chi connectivity index (χ4n) is 5.09. The highest BCUT2D eigenvalue weighted by molar-refractivity contribution is 5.84. The first-order chi connectivity index (χ1) is 18.7. The second kappa shape index (κ2) is 24.8. The lowest BCUT2D eigenvalue weighted by Crippen LogP contribution is -3.00. The van der Waals surface area contributed by atoms with Crippen LogP contribution in [0.15, 0.2) is 24.5 Å². The lowest BCUT2D eigenvalue weighted by atomic mass is 10.0. The highest BCUT2D eigenvalue weighted by Gasteiger charge is 2.26. The molecule has 1 aliphatic heterocycles. The summed E-state index contributed by atoms with van der Waals surface area (Å²) in [7, 11) is 0. The SMILES string of the molecule is CCCCCCCCCCCCCCCCCCOC[C@@H]1CO[C@@H](COC(=O)Nc2cc[n+](CC)cc2)C1.[I-]. The normalized spacial score (nSPS) is 16.7. The van der Waals surface area contributed by atoms with E-state index < -0.39 is 6.09 Å². The Hall–Kier alpha value is -0.930. The van der Waals surface area contributed by atoms with Crippen molar-refractivity contribution >= 4 is 11.8 Å². The zero-order valence-corrected chi connectivity index (χ0v) is 27.1. The molecule has 0 saturated carbocycles. The summed E-state index contributed by atoms with van der Waals surface area (Å²) in [6.45, 7) is 7.80. The van der Waals surface area contributed by atoms with Gasteiger partial charge in [-0.2, -0.15) is 0 Å². The number of hydrogen-bond donors (Lipinski definition) is 1. The zero-order chi connectivity index (χ0) is 27.1. The van der Waals surface area contributed by atoms with Crippen molar-refractivity contribution in [1.82, 2.24) is 0 Å². The molecule has 226 valence electrons. The van der Waals surface area contributed by atoms with Gasteiger partial charge in [-0.1, -0.05) is 103 Å². The summed E-state index contributed by atoms with van der Waals surface area (Å²) in [5.41, 5.74) is 0.729. The van der Waals surface area contributed by atoms with Crippen LogP contribution in [0, 0.1) is 5.92 Å². The van der Waals surface area contributed by atoms with Crippen LogP contribution in [0.2, 0.25) is 0 Å². The lowest BCUT2D eigenvalue weighted by molar-refractivity contribution is -0.693. The maximum atomic E-state index is 12.0. The molecule has 7 heteroatoms. The highest BCUT2D eigenvalue weighted by Crippen LogP contribution is 2.21. The van der Waals surface area contributed by atoms with Crippen molar-refractivity contribution in [1.29, 1.82) is 0 Å². The van der Waals surface area contributed by atoms with E-state index in [2.05, 4.69) is 19.2 Å². The van der Waals surface area contributed by atoms with Gasteiger partial charge in [-0.25, -0.2) is 9.36 Å². The van der Waals surface area contributed by atoms with E-state index >= 15 is 0 Å². The molecule has 1 fully saturated rings. The quantitative estimate of drug-likeness (QED) is 0.0993. The first-order valence-corrected chi connectivity index (χ1v) is 15.8. The number of hydrogen-bond acceptors (Lipinski definition) is 4. The number of ether oxygens (including phenoxy) is 3. The molecular weight excluding hydrogens is 603 g/mol. The maximum absolute atomic E-state index is 12.0. The van der Waals surface area contributed by atoms with Gasteiger partial charge in [0, 0.05) is 24.7 Å². The van der Waals surface area contributed by atoms with E-state index in [0.29, 0.717) is 12.5 Å². The van der Waals surface area contributed by atoms with Crippen molar-refractivity contribution in [3.63, 3.8) is 0 Å². The van der Waals surface area contributed by atoms with Crippen LogP contribution in [-0.4, -0.2) is 38.6 Å². The molecule has 2 atom stereocenters. The molecule has 6 nitrogen and oxygen atoms in total. The van der Waals surface area contributed by atoms with Gasteiger partial charge in [0.15, 0.2) is 12.4 Å². The average molecular weight is 661 g/mol. The van der Waals surface area contributed by atoms with Crippen LogP contribution in [-0.2, 0) is 20.8 Å². The number of anilines is 1. The van der Waals surface area contributed by atoms with E-state index in [1.165, 1.54) is 96.3 Å². The molecule has 1 saturated heterocycles. The van der Waals surface area contributed by atoms with E-state index in [9.17, 15) is 4.79 Å². The van der Waals surface area contributed by atoms with E-state index in [4.69, 9.17) is 14.2 Å². The topological polar surface area (TPSA) is 60.7 Å². The summed E-state index contributed by atoms with van der Waals surface area (Å²) in [4.78, 5) is 12.0. The number of amides is 1. The van der Waals surface area contributed by atoms with Gasteiger partial charge in [-0.05, 0) is 19.8 Å². The number of unbranched alkanes of at least 4 members (excludes halogenated alkanes) is 15. The van der Waals surface area contributed by atoms with Crippen molar-refractivity contribution in [2.75, 3.05) is 31.7 Å². The third kappa shape index (κ3) is 18.9. The first-order valence-electron chi connectivity index (χ1n) is 15.8. The van der Waals surface area contributed by atoms with Gasteiger partial charge in [-0.15, -0.1) is 0 Å². The minimum absolute atomic E-state index is 0. The smallest absolute Gasteiger partial charge is 0.411 e. The number of carbonyl (C=O) groups is 1. The Morgan fingerprint density at radius 3 is 1.92 bits per heavy atom. The monoisotopic (exact) mass is 660 g/mol. The molecule has 1 aromatic rings. The van der Waals surface area contributed by atoms with Crippen LogP contribution in [0.3, 0.4) is 0 Å². The molecule has 0 unspecified atom stereocenters. The van der Waals surface area contributed by atoms with Gasteiger partial charge in [0.05, 0.1) is 25.0 Å². The van der Waals surface area contributed by atoms with Crippen LogP contribution in [0.5, 0.6) is 0 Å².